The maximum absolute atomic E-state index is 11.4. The van der Waals surface area contributed by atoms with Gasteiger partial charge in [0.05, 0.1) is 13.2 Å². The summed E-state index contributed by atoms with van der Waals surface area (Å²) < 4.78 is 11.9. The Morgan fingerprint density at radius 1 is 0.870 bits per heavy atom. The van der Waals surface area contributed by atoms with Gasteiger partial charge in [-0.15, -0.1) is 0 Å². The van der Waals surface area contributed by atoms with E-state index in [1.807, 2.05) is 0 Å². The summed E-state index contributed by atoms with van der Waals surface area (Å²) in [6.45, 7) is 1.59. The number of carbonyl (C=O) groups excluding carboxylic acids is 1. The number of fused-ring (bicyclic) bond motifs is 1. The summed E-state index contributed by atoms with van der Waals surface area (Å²) in [5, 5.41) is 0. The van der Waals surface area contributed by atoms with Gasteiger partial charge in [-0.25, -0.2) is 0 Å². The first kappa shape index (κ1) is 16.1. The van der Waals surface area contributed by atoms with Crippen LogP contribution < -0.4 is 0 Å². The third-order valence-corrected chi connectivity index (χ3v) is 7.18. The Labute approximate surface area is 140 Å². The first-order valence-corrected chi connectivity index (χ1v) is 10.0. The third-order valence-electron chi connectivity index (χ3n) is 7.18. The Bertz CT molecular complexity index is 417. The highest BCUT2D eigenvalue weighted by Gasteiger charge is 2.46. The van der Waals surface area contributed by atoms with Crippen molar-refractivity contribution in [3.8, 4) is 0 Å². The molecule has 3 saturated carbocycles. The van der Waals surface area contributed by atoms with E-state index < -0.39 is 0 Å². The maximum atomic E-state index is 11.4. The van der Waals surface area contributed by atoms with E-state index in [-0.39, 0.29) is 5.79 Å². The molecule has 4 rings (SSSR count). The van der Waals surface area contributed by atoms with Gasteiger partial charge in [-0.05, 0) is 55.8 Å². The lowest BCUT2D eigenvalue weighted by atomic mass is 9.65. The van der Waals surface area contributed by atoms with Crippen molar-refractivity contribution in [1.82, 2.24) is 0 Å². The average Bonchev–Trinajstić information content (AvgIpc) is 3.02. The van der Waals surface area contributed by atoms with Crippen LogP contribution in [0.2, 0.25) is 0 Å². The number of hydrogen-bond acceptors (Lipinski definition) is 3. The van der Waals surface area contributed by atoms with Crippen LogP contribution in [0.1, 0.15) is 77.0 Å². The van der Waals surface area contributed by atoms with Gasteiger partial charge in [0.15, 0.2) is 5.79 Å². The standard InChI is InChI=1S/C20H32O3/c21-19-7-4-15(5-8-19)1-2-16-3-6-18-14-20(22-11-12-23-20)10-9-17(18)13-16/h15-18H,1-14H2. The molecule has 23 heavy (non-hydrogen) atoms. The second-order valence-electron chi connectivity index (χ2n) is 8.61. The number of rotatable bonds is 3. The largest absolute Gasteiger partial charge is 0.348 e. The first-order valence-electron chi connectivity index (χ1n) is 10.0. The number of ketones is 1. The smallest absolute Gasteiger partial charge is 0.168 e. The first-order chi connectivity index (χ1) is 11.2. The minimum absolute atomic E-state index is 0.192. The molecule has 1 heterocycles. The minimum Gasteiger partial charge on any atom is -0.348 e. The van der Waals surface area contributed by atoms with E-state index >= 15 is 0 Å². The molecule has 0 amide bonds. The summed E-state index contributed by atoms with van der Waals surface area (Å²) in [5.74, 6) is 3.83. The van der Waals surface area contributed by atoms with Gasteiger partial charge >= 0.3 is 0 Å². The molecule has 0 aromatic carbocycles. The van der Waals surface area contributed by atoms with Gasteiger partial charge in [0.25, 0.3) is 0 Å². The summed E-state index contributed by atoms with van der Waals surface area (Å²) in [4.78, 5) is 11.4. The van der Waals surface area contributed by atoms with Crippen LogP contribution in [0.25, 0.3) is 0 Å². The number of hydrogen-bond donors (Lipinski definition) is 0. The molecule has 1 aliphatic heterocycles. The van der Waals surface area contributed by atoms with Crippen molar-refractivity contribution in [3.05, 3.63) is 0 Å². The van der Waals surface area contributed by atoms with Gasteiger partial charge in [0.1, 0.15) is 5.78 Å². The van der Waals surface area contributed by atoms with Crippen molar-refractivity contribution in [2.24, 2.45) is 23.7 Å². The van der Waals surface area contributed by atoms with E-state index in [0.29, 0.717) is 5.78 Å². The summed E-state index contributed by atoms with van der Waals surface area (Å²) in [5.41, 5.74) is 0. The van der Waals surface area contributed by atoms with Crippen LogP contribution in [-0.4, -0.2) is 24.8 Å². The van der Waals surface area contributed by atoms with Crippen LogP contribution in [0.4, 0.5) is 0 Å². The van der Waals surface area contributed by atoms with Crippen molar-refractivity contribution in [2.75, 3.05) is 13.2 Å². The normalized spacial score (nSPS) is 37.9. The van der Waals surface area contributed by atoms with Gasteiger partial charge in [0.2, 0.25) is 0 Å². The number of carbonyl (C=O) groups is 1. The lowest BCUT2D eigenvalue weighted by Gasteiger charge is -2.45. The Hall–Kier alpha value is -0.410. The zero-order valence-corrected chi connectivity index (χ0v) is 14.4. The summed E-state index contributed by atoms with van der Waals surface area (Å²) in [6.07, 6.45) is 14.6. The molecule has 0 bridgehead atoms. The summed E-state index contributed by atoms with van der Waals surface area (Å²) >= 11 is 0. The lowest BCUT2D eigenvalue weighted by Crippen LogP contribution is -2.42. The highest BCUT2D eigenvalue weighted by molar-refractivity contribution is 5.78. The summed E-state index contributed by atoms with van der Waals surface area (Å²) in [6, 6.07) is 0. The fraction of sp³-hybridized carbons (Fsp3) is 0.950. The molecule has 1 saturated heterocycles. The molecule has 3 atom stereocenters. The van der Waals surface area contributed by atoms with E-state index in [0.717, 1.165) is 75.4 Å². The topological polar surface area (TPSA) is 35.5 Å². The molecule has 3 nitrogen and oxygen atoms in total. The van der Waals surface area contributed by atoms with Gasteiger partial charge in [-0.3, -0.25) is 4.79 Å². The predicted molar refractivity (Wildman–Crippen MR) is 89.0 cm³/mol. The molecule has 4 fully saturated rings. The monoisotopic (exact) mass is 320 g/mol. The predicted octanol–water partition coefficient (Wildman–Crippen LogP) is 4.49. The third kappa shape index (κ3) is 3.66. The Morgan fingerprint density at radius 3 is 2.39 bits per heavy atom. The second-order valence-corrected chi connectivity index (χ2v) is 8.61. The van der Waals surface area contributed by atoms with Crippen LogP contribution >= 0.6 is 0 Å². The molecule has 4 aliphatic rings. The van der Waals surface area contributed by atoms with Gasteiger partial charge in [-0.1, -0.05) is 19.3 Å². The van der Waals surface area contributed by atoms with Crippen LogP contribution in [0.3, 0.4) is 0 Å². The fourth-order valence-electron chi connectivity index (χ4n) is 5.73. The molecule has 3 unspecified atom stereocenters. The number of Topliss-reactive ketones (excluding diaryl/α,β-unsaturated/α-hetero) is 1. The van der Waals surface area contributed by atoms with Crippen molar-refractivity contribution in [2.45, 2.75) is 82.8 Å². The zero-order chi connectivity index (χ0) is 15.7. The van der Waals surface area contributed by atoms with Crippen molar-refractivity contribution in [3.63, 3.8) is 0 Å². The van der Waals surface area contributed by atoms with Gasteiger partial charge < -0.3 is 9.47 Å². The van der Waals surface area contributed by atoms with E-state index in [2.05, 4.69) is 0 Å². The number of ether oxygens (including phenoxy) is 2. The molecular formula is C20H32O3. The van der Waals surface area contributed by atoms with Crippen molar-refractivity contribution >= 4 is 5.78 Å². The molecule has 0 aromatic heterocycles. The van der Waals surface area contributed by atoms with Gasteiger partial charge in [-0.2, -0.15) is 0 Å². The van der Waals surface area contributed by atoms with Crippen LogP contribution in [-0.2, 0) is 14.3 Å². The van der Waals surface area contributed by atoms with E-state index in [4.69, 9.17) is 9.47 Å². The lowest BCUT2D eigenvalue weighted by molar-refractivity contribution is -0.199. The van der Waals surface area contributed by atoms with E-state index in [1.165, 1.54) is 38.5 Å². The Balaban J connectivity index is 1.23. The van der Waals surface area contributed by atoms with Gasteiger partial charge in [0, 0.05) is 25.7 Å². The van der Waals surface area contributed by atoms with E-state index in [9.17, 15) is 4.79 Å². The molecule has 3 heteroatoms. The van der Waals surface area contributed by atoms with Crippen LogP contribution in [0, 0.1) is 23.7 Å². The molecule has 1 spiro atoms. The second kappa shape index (κ2) is 6.84. The average molecular weight is 320 g/mol. The molecule has 3 aliphatic carbocycles. The van der Waals surface area contributed by atoms with Crippen molar-refractivity contribution in [1.29, 1.82) is 0 Å². The maximum Gasteiger partial charge on any atom is 0.168 e. The molecule has 0 radical (unpaired) electrons. The zero-order valence-electron chi connectivity index (χ0n) is 14.4. The molecule has 0 aromatic rings. The fourth-order valence-corrected chi connectivity index (χ4v) is 5.73. The quantitative estimate of drug-likeness (QED) is 0.769. The van der Waals surface area contributed by atoms with Crippen LogP contribution in [0.15, 0.2) is 0 Å². The van der Waals surface area contributed by atoms with Crippen LogP contribution in [0.5, 0.6) is 0 Å². The highest BCUT2D eigenvalue weighted by Crippen LogP contribution is 2.49. The highest BCUT2D eigenvalue weighted by atomic mass is 16.7. The molecule has 130 valence electrons. The molecule has 0 N–H and O–H groups in total. The molecular weight excluding hydrogens is 288 g/mol. The SMILES string of the molecule is O=C1CCC(CCC2CCC3CC4(CCC3C2)OCCO4)CC1. The minimum atomic E-state index is -0.192. The van der Waals surface area contributed by atoms with E-state index in [1.54, 1.807) is 0 Å². The Kier molecular flexibility index (Phi) is 4.78. The van der Waals surface area contributed by atoms with Crippen molar-refractivity contribution < 1.29 is 14.3 Å². The summed E-state index contributed by atoms with van der Waals surface area (Å²) in [7, 11) is 0. The Morgan fingerprint density at radius 2 is 1.61 bits per heavy atom.